The van der Waals surface area contributed by atoms with Crippen molar-refractivity contribution in [2.75, 3.05) is 19.0 Å². The molecule has 0 aliphatic heterocycles. The van der Waals surface area contributed by atoms with E-state index < -0.39 is 0 Å². The number of nitrogens with one attached hydrogen (secondary N) is 1. The van der Waals surface area contributed by atoms with Crippen molar-refractivity contribution in [3.05, 3.63) is 24.3 Å². The van der Waals surface area contributed by atoms with Crippen LogP contribution in [0.3, 0.4) is 0 Å². The number of nitrogens with two attached hydrogens (primary N) is 1. The Hall–Kier alpha value is -1.22. The van der Waals surface area contributed by atoms with Gasteiger partial charge in [0.1, 0.15) is 5.75 Å². The van der Waals surface area contributed by atoms with E-state index >= 15 is 0 Å². The number of anilines is 1. The molecular weight excluding hydrogens is 212 g/mol. The molecule has 0 aliphatic carbocycles. The Kier molecular flexibility index (Phi) is 4.82. The molecule has 0 fully saturated rings. The normalized spacial score (nSPS) is 14.5. The predicted octanol–water partition coefficient (Wildman–Crippen LogP) is 2.87. The summed E-state index contributed by atoms with van der Waals surface area (Å²) in [6.07, 6.45) is 1.05. The first-order valence-electron chi connectivity index (χ1n) is 6.11. The van der Waals surface area contributed by atoms with Crippen LogP contribution in [0, 0.1) is 5.92 Å². The second kappa shape index (κ2) is 5.92. The molecule has 1 aromatic rings. The van der Waals surface area contributed by atoms with E-state index in [2.05, 4.69) is 26.1 Å². The fraction of sp³-hybridized carbons (Fsp3) is 0.571. The lowest BCUT2D eigenvalue weighted by atomic mass is 9.90. The number of hydrogen-bond acceptors (Lipinski definition) is 3. The van der Waals surface area contributed by atoms with E-state index in [1.165, 1.54) is 0 Å². The van der Waals surface area contributed by atoms with Crippen LogP contribution < -0.4 is 15.8 Å². The van der Waals surface area contributed by atoms with Crippen LogP contribution in [0.5, 0.6) is 5.75 Å². The summed E-state index contributed by atoms with van der Waals surface area (Å²) in [5, 5.41) is 3.51. The molecule has 96 valence electrons. The van der Waals surface area contributed by atoms with Crippen molar-refractivity contribution in [1.29, 1.82) is 0 Å². The molecule has 1 unspecified atom stereocenters. The molecule has 0 aromatic heterocycles. The smallest absolute Gasteiger partial charge is 0.119 e. The van der Waals surface area contributed by atoms with Crippen LogP contribution in [0.25, 0.3) is 0 Å². The second-order valence-electron chi connectivity index (χ2n) is 5.22. The van der Waals surface area contributed by atoms with Gasteiger partial charge in [-0.25, -0.2) is 0 Å². The first-order chi connectivity index (χ1) is 7.99. The molecule has 0 saturated heterocycles. The zero-order chi connectivity index (χ0) is 12.9. The third-order valence-corrected chi connectivity index (χ3v) is 2.85. The van der Waals surface area contributed by atoms with Crippen LogP contribution in [0.2, 0.25) is 0 Å². The molecule has 0 heterocycles. The van der Waals surface area contributed by atoms with Crippen LogP contribution in [0.15, 0.2) is 24.3 Å². The Morgan fingerprint density at radius 3 is 2.29 bits per heavy atom. The van der Waals surface area contributed by atoms with Gasteiger partial charge in [-0.2, -0.15) is 0 Å². The Balaban J connectivity index is 2.72. The van der Waals surface area contributed by atoms with Crippen molar-refractivity contribution in [1.82, 2.24) is 0 Å². The molecule has 1 rings (SSSR count). The molecule has 0 amide bonds. The molecule has 17 heavy (non-hydrogen) atoms. The maximum absolute atomic E-state index is 5.87. The summed E-state index contributed by atoms with van der Waals surface area (Å²) in [6.45, 7) is 7.21. The van der Waals surface area contributed by atoms with E-state index in [9.17, 15) is 0 Å². The summed E-state index contributed by atoms with van der Waals surface area (Å²) in [4.78, 5) is 0. The number of rotatable bonds is 6. The van der Waals surface area contributed by atoms with Gasteiger partial charge in [-0.05, 0) is 43.5 Å². The van der Waals surface area contributed by atoms with E-state index in [0.717, 1.165) is 17.9 Å². The molecule has 0 saturated carbocycles. The molecular formula is C14H24N2O. The zero-order valence-electron chi connectivity index (χ0n) is 11.3. The first kappa shape index (κ1) is 13.8. The summed E-state index contributed by atoms with van der Waals surface area (Å²) in [6, 6.07) is 7.95. The summed E-state index contributed by atoms with van der Waals surface area (Å²) in [5.41, 5.74) is 6.90. The Morgan fingerprint density at radius 2 is 1.88 bits per heavy atom. The van der Waals surface area contributed by atoms with Crippen LogP contribution in [0.1, 0.15) is 27.2 Å². The maximum atomic E-state index is 5.87. The van der Waals surface area contributed by atoms with Gasteiger partial charge in [-0.1, -0.05) is 13.8 Å². The molecule has 0 bridgehead atoms. The second-order valence-corrected chi connectivity index (χ2v) is 5.22. The van der Waals surface area contributed by atoms with E-state index in [1.807, 2.05) is 24.3 Å². The van der Waals surface area contributed by atoms with E-state index in [0.29, 0.717) is 12.5 Å². The summed E-state index contributed by atoms with van der Waals surface area (Å²) in [7, 11) is 1.67. The largest absolute Gasteiger partial charge is 0.497 e. The van der Waals surface area contributed by atoms with Gasteiger partial charge in [0.15, 0.2) is 0 Å². The van der Waals surface area contributed by atoms with Gasteiger partial charge in [-0.3, -0.25) is 0 Å². The minimum atomic E-state index is -0.0528. The summed E-state index contributed by atoms with van der Waals surface area (Å²) in [5.74, 6) is 1.49. The standard InChI is InChI=1S/C14H24N2O/c1-11(2)9-14(3,10-15)16-12-5-7-13(17-4)8-6-12/h5-8,11,16H,9-10,15H2,1-4H3. The molecule has 0 radical (unpaired) electrons. The van der Waals surface area contributed by atoms with Crippen LogP contribution in [-0.2, 0) is 0 Å². The molecule has 0 spiro atoms. The van der Waals surface area contributed by atoms with E-state index in [1.54, 1.807) is 7.11 Å². The lowest BCUT2D eigenvalue weighted by molar-refractivity contribution is 0.406. The lowest BCUT2D eigenvalue weighted by Crippen LogP contribution is -2.43. The van der Waals surface area contributed by atoms with Crippen LogP contribution >= 0.6 is 0 Å². The molecule has 3 heteroatoms. The number of ether oxygens (including phenoxy) is 1. The van der Waals surface area contributed by atoms with Crippen molar-refractivity contribution in [3.8, 4) is 5.75 Å². The minimum Gasteiger partial charge on any atom is -0.497 e. The summed E-state index contributed by atoms with van der Waals surface area (Å²) < 4.78 is 5.14. The van der Waals surface area contributed by atoms with Gasteiger partial charge in [0.2, 0.25) is 0 Å². The maximum Gasteiger partial charge on any atom is 0.119 e. The Labute approximate surface area is 104 Å². The molecule has 3 nitrogen and oxygen atoms in total. The van der Waals surface area contributed by atoms with Gasteiger partial charge >= 0.3 is 0 Å². The van der Waals surface area contributed by atoms with E-state index in [-0.39, 0.29) is 5.54 Å². The number of benzene rings is 1. The topological polar surface area (TPSA) is 47.3 Å². The lowest BCUT2D eigenvalue weighted by Gasteiger charge is -2.32. The highest BCUT2D eigenvalue weighted by molar-refractivity contribution is 5.48. The van der Waals surface area contributed by atoms with Crippen LogP contribution in [0.4, 0.5) is 5.69 Å². The van der Waals surface area contributed by atoms with Crippen molar-refractivity contribution in [3.63, 3.8) is 0 Å². The van der Waals surface area contributed by atoms with Crippen LogP contribution in [-0.4, -0.2) is 19.2 Å². The molecule has 3 N–H and O–H groups in total. The van der Waals surface area contributed by atoms with Crippen molar-refractivity contribution >= 4 is 5.69 Å². The van der Waals surface area contributed by atoms with Gasteiger partial charge in [0.25, 0.3) is 0 Å². The monoisotopic (exact) mass is 236 g/mol. The number of methoxy groups -OCH3 is 1. The first-order valence-corrected chi connectivity index (χ1v) is 6.11. The quantitative estimate of drug-likeness (QED) is 0.798. The minimum absolute atomic E-state index is 0.0528. The fourth-order valence-electron chi connectivity index (χ4n) is 2.11. The average molecular weight is 236 g/mol. The van der Waals surface area contributed by atoms with Crippen molar-refractivity contribution in [2.24, 2.45) is 11.7 Å². The molecule has 1 aromatic carbocycles. The van der Waals surface area contributed by atoms with Gasteiger partial charge < -0.3 is 15.8 Å². The Morgan fingerprint density at radius 1 is 1.29 bits per heavy atom. The SMILES string of the molecule is COc1ccc(NC(C)(CN)CC(C)C)cc1. The molecule has 0 aliphatic rings. The van der Waals surface area contributed by atoms with E-state index in [4.69, 9.17) is 10.5 Å². The number of hydrogen-bond donors (Lipinski definition) is 2. The predicted molar refractivity (Wildman–Crippen MR) is 73.5 cm³/mol. The van der Waals surface area contributed by atoms with Gasteiger partial charge in [0.05, 0.1) is 7.11 Å². The average Bonchev–Trinajstić information content (AvgIpc) is 2.29. The highest BCUT2D eigenvalue weighted by Crippen LogP contribution is 2.23. The highest BCUT2D eigenvalue weighted by atomic mass is 16.5. The molecule has 1 atom stereocenters. The zero-order valence-corrected chi connectivity index (χ0v) is 11.3. The van der Waals surface area contributed by atoms with Crippen molar-refractivity contribution in [2.45, 2.75) is 32.7 Å². The fourth-order valence-corrected chi connectivity index (χ4v) is 2.11. The summed E-state index contributed by atoms with van der Waals surface area (Å²) >= 11 is 0. The van der Waals surface area contributed by atoms with Gasteiger partial charge in [-0.15, -0.1) is 0 Å². The van der Waals surface area contributed by atoms with Gasteiger partial charge in [0, 0.05) is 17.8 Å². The Bertz CT molecular complexity index is 335. The van der Waals surface area contributed by atoms with Crippen molar-refractivity contribution < 1.29 is 4.74 Å². The third-order valence-electron chi connectivity index (χ3n) is 2.85. The third kappa shape index (κ3) is 4.27. The highest BCUT2D eigenvalue weighted by Gasteiger charge is 2.23.